The van der Waals surface area contributed by atoms with Crippen molar-refractivity contribution in [1.82, 2.24) is 5.32 Å². The lowest BCUT2D eigenvalue weighted by Crippen LogP contribution is -2.33. The Labute approximate surface area is 142 Å². The lowest BCUT2D eigenvalue weighted by molar-refractivity contribution is -0.120. The van der Waals surface area contributed by atoms with Crippen LogP contribution in [0.2, 0.25) is 0 Å². The predicted molar refractivity (Wildman–Crippen MR) is 96.2 cm³/mol. The number of hydrogen-bond donors (Lipinski definition) is 1. The summed E-state index contributed by atoms with van der Waals surface area (Å²) in [5, 5.41) is 2.91. The molecule has 0 aromatic heterocycles. The third kappa shape index (κ3) is 5.32. The molecule has 2 rings (SSSR count). The highest BCUT2D eigenvalue weighted by Gasteiger charge is 2.15. The molecule has 2 aromatic rings. The van der Waals surface area contributed by atoms with E-state index in [-0.39, 0.29) is 11.2 Å². The molecule has 1 amide bonds. The molecular weight excluding hydrogens is 306 g/mol. The van der Waals surface area contributed by atoms with Crippen LogP contribution in [0.3, 0.4) is 0 Å². The van der Waals surface area contributed by atoms with Crippen molar-refractivity contribution in [2.24, 2.45) is 0 Å². The largest absolute Gasteiger partial charge is 0.497 e. The number of amides is 1. The number of ether oxygens (including phenoxy) is 1. The summed E-state index contributed by atoms with van der Waals surface area (Å²) in [4.78, 5) is 13.3. The van der Waals surface area contributed by atoms with Crippen LogP contribution in [0, 0.1) is 0 Å². The minimum Gasteiger partial charge on any atom is -0.497 e. The molecule has 2 atom stereocenters. The van der Waals surface area contributed by atoms with Crippen LogP contribution >= 0.6 is 11.8 Å². The van der Waals surface area contributed by atoms with Gasteiger partial charge in [0.15, 0.2) is 0 Å². The fourth-order valence-corrected chi connectivity index (χ4v) is 3.10. The van der Waals surface area contributed by atoms with Crippen molar-refractivity contribution in [3.8, 4) is 5.75 Å². The first kappa shape index (κ1) is 17.4. The van der Waals surface area contributed by atoms with E-state index in [4.69, 9.17) is 4.74 Å². The summed E-state index contributed by atoms with van der Waals surface area (Å²) in [7, 11) is 1.64. The Hall–Kier alpha value is -1.94. The van der Waals surface area contributed by atoms with Crippen LogP contribution < -0.4 is 10.1 Å². The molecule has 0 spiro atoms. The smallest absolute Gasteiger partial charge is 0.233 e. The summed E-state index contributed by atoms with van der Waals surface area (Å²) >= 11 is 1.55. The van der Waals surface area contributed by atoms with Gasteiger partial charge in [-0.05, 0) is 42.7 Å². The van der Waals surface area contributed by atoms with E-state index >= 15 is 0 Å². The van der Waals surface area contributed by atoms with Crippen molar-refractivity contribution in [2.45, 2.75) is 29.9 Å². The number of carbonyl (C=O) groups is 1. The van der Waals surface area contributed by atoms with Crippen LogP contribution in [-0.4, -0.2) is 24.8 Å². The molecule has 122 valence electrons. The fraction of sp³-hybridized carbons (Fsp3) is 0.316. The molecule has 4 heteroatoms. The van der Waals surface area contributed by atoms with Crippen molar-refractivity contribution in [1.29, 1.82) is 0 Å². The van der Waals surface area contributed by atoms with Gasteiger partial charge in [0.05, 0.1) is 12.4 Å². The average molecular weight is 329 g/mol. The zero-order chi connectivity index (χ0) is 16.7. The lowest BCUT2D eigenvalue weighted by atomic mass is 10.0. The molecule has 0 saturated carbocycles. The van der Waals surface area contributed by atoms with E-state index in [2.05, 4.69) is 24.4 Å². The first-order valence-electron chi connectivity index (χ1n) is 7.73. The SMILES string of the molecule is COc1ccc(S[C@H](C)C(=O)NC[C@@H](C)c2ccccc2)cc1. The zero-order valence-electron chi connectivity index (χ0n) is 13.8. The molecule has 0 saturated heterocycles. The lowest BCUT2D eigenvalue weighted by Gasteiger charge is -2.16. The molecule has 0 heterocycles. The summed E-state index contributed by atoms with van der Waals surface area (Å²) in [5.41, 5.74) is 1.24. The summed E-state index contributed by atoms with van der Waals surface area (Å²) in [6.45, 7) is 4.70. The van der Waals surface area contributed by atoms with Crippen LogP contribution in [0.4, 0.5) is 0 Å². The summed E-state index contributed by atoms with van der Waals surface area (Å²) in [5.74, 6) is 1.19. The van der Waals surface area contributed by atoms with E-state index in [0.29, 0.717) is 12.5 Å². The van der Waals surface area contributed by atoms with Crippen molar-refractivity contribution in [3.63, 3.8) is 0 Å². The topological polar surface area (TPSA) is 38.3 Å². The van der Waals surface area contributed by atoms with Crippen LogP contribution in [0.1, 0.15) is 25.3 Å². The van der Waals surface area contributed by atoms with Gasteiger partial charge in [-0.15, -0.1) is 11.8 Å². The minimum atomic E-state index is -0.133. The number of rotatable bonds is 7. The highest BCUT2D eigenvalue weighted by atomic mass is 32.2. The highest BCUT2D eigenvalue weighted by Crippen LogP contribution is 2.25. The Morgan fingerprint density at radius 1 is 1.09 bits per heavy atom. The van der Waals surface area contributed by atoms with Gasteiger partial charge in [-0.25, -0.2) is 0 Å². The normalized spacial score (nSPS) is 13.2. The Balaban J connectivity index is 1.82. The van der Waals surface area contributed by atoms with E-state index in [1.165, 1.54) is 5.56 Å². The standard InChI is InChI=1S/C19H23NO2S/c1-14(16-7-5-4-6-8-16)13-20-19(21)15(2)23-18-11-9-17(22-3)10-12-18/h4-12,14-15H,13H2,1-3H3,(H,20,21)/t14-,15-/m1/s1. The molecule has 0 unspecified atom stereocenters. The molecule has 0 bridgehead atoms. The molecular formula is C19H23NO2S. The van der Waals surface area contributed by atoms with Gasteiger partial charge in [0.2, 0.25) is 5.91 Å². The molecule has 0 aliphatic heterocycles. The Kier molecular flexibility index (Phi) is 6.53. The van der Waals surface area contributed by atoms with Gasteiger partial charge in [0.25, 0.3) is 0 Å². The van der Waals surface area contributed by atoms with E-state index in [9.17, 15) is 4.79 Å². The quantitative estimate of drug-likeness (QED) is 0.777. The average Bonchev–Trinajstić information content (AvgIpc) is 2.60. The second-order valence-electron chi connectivity index (χ2n) is 5.49. The van der Waals surface area contributed by atoms with E-state index in [1.807, 2.05) is 49.4 Å². The van der Waals surface area contributed by atoms with Crippen molar-refractivity contribution < 1.29 is 9.53 Å². The van der Waals surface area contributed by atoms with Crippen LogP contribution in [0.5, 0.6) is 5.75 Å². The maximum atomic E-state index is 12.2. The Bertz CT molecular complexity index is 613. The first-order chi connectivity index (χ1) is 11.1. The molecule has 0 radical (unpaired) electrons. The number of hydrogen-bond acceptors (Lipinski definition) is 3. The summed E-state index contributed by atoms with van der Waals surface area (Å²) in [6.07, 6.45) is 0. The van der Waals surface area contributed by atoms with Gasteiger partial charge < -0.3 is 10.1 Å². The van der Waals surface area contributed by atoms with E-state index < -0.39 is 0 Å². The number of methoxy groups -OCH3 is 1. The predicted octanol–water partition coefficient (Wildman–Crippen LogP) is 4.10. The zero-order valence-corrected chi connectivity index (χ0v) is 14.6. The van der Waals surface area contributed by atoms with E-state index in [1.54, 1.807) is 18.9 Å². The minimum absolute atomic E-state index is 0.0635. The molecule has 0 aliphatic carbocycles. The molecule has 2 aromatic carbocycles. The monoisotopic (exact) mass is 329 g/mol. The number of thioether (sulfide) groups is 1. The van der Waals surface area contributed by atoms with Gasteiger partial charge >= 0.3 is 0 Å². The third-order valence-corrected chi connectivity index (χ3v) is 4.80. The molecule has 23 heavy (non-hydrogen) atoms. The van der Waals surface area contributed by atoms with Gasteiger partial charge in [0.1, 0.15) is 5.75 Å². The van der Waals surface area contributed by atoms with Crippen LogP contribution in [0.15, 0.2) is 59.5 Å². The van der Waals surface area contributed by atoms with Gasteiger partial charge in [-0.2, -0.15) is 0 Å². The van der Waals surface area contributed by atoms with E-state index in [0.717, 1.165) is 10.6 Å². The molecule has 1 N–H and O–H groups in total. The number of benzene rings is 2. The maximum absolute atomic E-state index is 12.2. The molecule has 3 nitrogen and oxygen atoms in total. The Morgan fingerprint density at radius 2 is 1.74 bits per heavy atom. The number of nitrogens with one attached hydrogen (secondary N) is 1. The number of carbonyl (C=O) groups excluding carboxylic acids is 1. The second kappa shape index (κ2) is 8.63. The third-order valence-electron chi connectivity index (χ3n) is 3.69. The molecule has 0 aliphatic rings. The fourth-order valence-electron chi connectivity index (χ4n) is 2.21. The van der Waals surface area contributed by atoms with Gasteiger partial charge in [-0.1, -0.05) is 37.3 Å². The summed E-state index contributed by atoms with van der Waals surface area (Å²) in [6, 6.07) is 18.0. The molecule has 0 fully saturated rings. The highest BCUT2D eigenvalue weighted by molar-refractivity contribution is 8.00. The Morgan fingerprint density at radius 3 is 2.35 bits per heavy atom. The van der Waals surface area contributed by atoms with Crippen molar-refractivity contribution in [2.75, 3.05) is 13.7 Å². The van der Waals surface area contributed by atoms with Crippen LogP contribution in [-0.2, 0) is 4.79 Å². The maximum Gasteiger partial charge on any atom is 0.233 e. The first-order valence-corrected chi connectivity index (χ1v) is 8.61. The van der Waals surface area contributed by atoms with Crippen LogP contribution in [0.25, 0.3) is 0 Å². The van der Waals surface area contributed by atoms with Gasteiger partial charge in [0, 0.05) is 11.4 Å². The summed E-state index contributed by atoms with van der Waals surface area (Å²) < 4.78 is 5.14. The van der Waals surface area contributed by atoms with Gasteiger partial charge in [-0.3, -0.25) is 4.79 Å². The second-order valence-corrected chi connectivity index (χ2v) is 6.91. The van der Waals surface area contributed by atoms with Crippen molar-refractivity contribution >= 4 is 17.7 Å². The van der Waals surface area contributed by atoms with Crippen molar-refractivity contribution in [3.05, 3.63) is 60.2 Å².